The minimum absolute atomic E-state index is 0. The number of isothiocyanates is 1. The molecule has 2 nitrogen and oxygen atoms in total. The molecule has 0 amide bonds. The van der Waals surface area contributed by atoms with Crippen LogP contribution in [0.3, 0.4) is 0 Å². The maximum absolute atomic E-state index is 9.03. The summed E-state index contributed by atoms with van der Waals surface area (Å²) < 4.78 is 0. The van der Waals surface area contributed by atoms with Crippen LogP contribution in [0.5, 0.6) is 0 Å². The molecule has 0 fully saturated rings. The van der Waals surface area contributed by atoms with Gasteiger partial charge in [-0.05, 0) is 24.4 Å². The summed E-state index contributed by atoms with van der Waals surface area (Å²) in [4.78, 5) is 3.40. The Labute approximate surface area is 111 Å². The average molecular weight is 272 g/mol. The van der Waals surface area contributed by atoms with Crippen molar-refractivity contribution in [3.05, 3.63) is 66.1 Å². The van der Waals surface area contributed by atoms with Gasteiger partial charge >= 0.3 is 0 Å². The molecule has 0 bridgehead atoms. The van der Waals surface area contributed by atoms with Crippen LogP contribution in [-0.2, 0) is 17.1 Å². The number of hydrogen-bond acceptors (Lipinski definition) is 3. The summed E-state index contributed by atoms with van der Waals surface area (Å²) in [5.41, 5.74) is 0.664. The first-order valence-electron chi connectivity index (χ1n) is 4.37. The van der Waals surface area contributed by atoms with E-state index in [2.05, 4.69) is 22.4 Å². The fraction of sp³-hybridized carbons (Fsp3) is 0. The van der Waals surface area contributed by atoms with E-state index >= 15 is 0 Å². The molecule has 1 aliphatic carbocycles. The number of aliphatic imine (C=N–C) groups is 1. The minimum Gasteiger partial charge on any atom is -0.492 e. The standard InChI is InChI=1S/C7H5NOS.C5H5.Fe/c9-7(8-5-10)6-3-1-2-4-6;1-2-4-5-3-1;/h1-4,9H;1-5H;/q;-1;. The molecule has 0 saturated heterocycles. The van der Waals surface area contributed by atoms with Gasteiger partial charge in [-0.1, -0.05) is 12.2 Å². The Kier molecular flexibility index (Phi) is 8.22. The smallest absolute Gasteiger partial charge is 0.227 e. The summed E-state index contributed by atoms with van der Waals surface area (Å²) in [5.74, 6) is -0.0833. The number of rotatable bonds is 1. The number of thiocarbonyl (C=S) groups is 1. The van der Waals surface area contributed by atoms with E-state index in [0.717, 1.165) is 0 Å². The van der Waals surface area contributed by atoms with Crippen molar-refractivity contribution in [1.29, 1.82) is 0 Å². The molecule has 1 N–H and O–H groups in total. The number of aliphatic hydroxyl groups excluding tert-OH is 1. The molecule has 0 aliphatic heterocycles. The number of aliphatic hydroxyl groups is 1. The molecule has 1 aliphatic rings. The Morgan fingerprint density at radius 3 is 2.19 bits per heavy atom. The van der Waals surface area contributed by atoms with Crippen molar-refractivity contribution < 1.29 is 22.2 Å². The van der Waals surface area contributed by atoms with Crippen molar-refractivity contribution in [1.82, 2.24) is 0 Å². The first kappa shape index (κ1) is 14.7. The molecule has 16 heavy (non-hydrogen) atoms. The Balaban J connectivity index is 0.000000318. The van der Waals surface area contributed by atoms with Crippen molar-refractivity contribution >= 4 is 17.4 Å². The van der Waals surface area contributed by atoms with Gasteiger partial charge < -0.3 is 5.11 Å². The summed E-state index contributed by atoms with van der Waals surface area (Å²) in [6.45, 7) is 0. The molecule has 0 spiro atoms. The van der Waals surface area contributed by atoms with E-state index < -0.39 is 0 Å². The second-order valence-electron chi connectivity index (χ2n) is 2.66. The van der Waals surface area contributed by atoms with Crippen LogP contribution in [0.15, 0.2) is 71.1 Å². The molecule has 2 rings (SSSR count). The third kappa shape index (κ3) is 5.54. The van der Waals surface area contributed by atoms with Gasteiger partial charge in [0.15, 0.2) is 0 Å². The minimum atomic E-state index is -0.0833. The summed E-state index contributed by atoms with van der Waals surface area (Å²) in [7, 11) is 0. The van der Waals surface area contributed by atoms with Crippen molar-refractivity contribution in [2.45, 2.75) is 0 Å². The van der Waals surface area contributed by atoms with E-state index in [1.54, 1.807) is 12.2 Å². The molecule has 0 saturated carbocycles. The van der Waals surface area contributed by atoms with Gasteiger partial charge in [-0.15, -0.1) is 0 Å². The van der Waals surface area contributed by atoms with E-state index in [9.17, 15) is 0 Å². The van der Waals surface area contributed by atoms with Crippen LogP contribution in [0.25, 0.3) is 0 Å². The van der Waals surface area contributed by atoms with Crippen LogP contribution in [0, 0.1) is 0 Å². The van der Waals surface area contributed by atoms with Crippen LogP contribution in [-0.4, -0.2) is 10.3 Å². The van der Waals surface area contributed by atoms with Gasteiger partial charge in [0, 0.05) is 22.6 Å². The zero-order valence-electron chi connectivity index (χ0n) is 8.35. The van der Waals surface area contributed by atoms with E-state index in [1.807, 2.05) is 42.5 Å². The second kappa shape index (κ2) is 8.95. The van der Waals surface area contributed by atoms with Gasteiger partial charge in [0.25, 0.3) is 0 Å². The number of hydrogen-bond donors (Lipinski definition) is 1. The van der Waals surface area contributed by atoms with Gasteiger partial charge in [-0.3, -0.25) is 0 Å². The monoisotopic (exact) mass is 272 g/mol. The Morgan fingerprint density at radius 1 is 1.25 bits per heavy atom. The van der Waals surface area contributed by atoms with Gasteiger partial charge in [-0.25, -0.2) is 12.1 Å². The molecule has 0 atom stereocenters. The zero-order valence-corrected chi connectivity index (χ0v) is 10.3. The van der Waals surface area contributed by atoms with Crippen molar-refractivity contribution in [3.8, 4) is 0 Å². The largest absolute Gasteiger partial charge is 0.492 e. The molecule has 0 heterocycles. The van der Waals surface area contributed by atoms with Gasteiger partial charge in [-0.2, -0.15) is 23.2 Å². The average Bonchev–Trinajstić information content (AvgIpc) is 2.95. The zero-order chi connectivity index (χ0) is 10.9. The third-order valence-electron chi connectivity index (χ3n) is 1.63. The summed E-state index contributed by atoms with van der Waals surface area (Å²) in [6, 6.07) is 10.0. The summed E-state index contributed by atoms with van der Waals surface area (Å²) in [5, 5.41) is 11.1. The molecule has 1 aromatic carbocycles. The van der Waals surface area contributed by atoms with Crippen molar-refractivity contribution in [2.75, 3.05) is 0 Å². The van der Waals surface area contributed by atoms with Crippen LogP contribution < -0.4 is 0 Å². The second-order valence-corrected chi connectivity index (χ2v) is 2.85. The number of allylic oxidation sites excluding steroid dienone is 5. The van der Waals surface area contributed by atoms with E-state index in [-0.39, 0.29) is 23.0 Å². The van der Waals surface area contributed by atoms with Crippen molar-refractivity contribution in [3.63, 3.8) is 0 Å². The predicted octanol–water partition coefficient (Wildman–Crippen LogP) is 3.39. The quantitative estimate of drug-likeness (QED) is 0.279. The van der Waals surface area contributed by atoms with Gasteiger partial charge in [0.2, 0.25) is 5.88 Å². The Morgan fingerprint density at radius 2 is 1.81 bits per heavy atom. The molecular weight excluding hydrogens is 262 g/mol. The van der Waals surface area contributed by atoms with Crippen LogP contribution in [0.4, 0.5) is 0 Å². The van der Waals surface area contributed by atoms with Crippen LogP contribution >= 0.6 is 12.2 Å². The van der Waals surface area contributed by atoms with E-state index in [0.29, 0.717) is 5.57 Å². The Hall–Kier alpha value is -1.31. The van der Waals surface area contributed by atoms with Gasteiger partial charge in [0.05, 0.1) is 5.16 Å². The molecule has 1 aromatic rings. The fourth-order valence-electron chi connectivity index (χ4n) is 0.952. The number of nitrogens with zero attached hydrogens (tertiary/aromatic N) is 1. The first-order valence-corrected chi connectivity index (χ1v) is 4.78. The van der Waals surface area contributed by atoms with E-state index in [4.69, 9.17) is 5.11 Å². The topological polar surface area (TPSA) is 32.6 Å². The van der Waals surface area contributed by atoms with E-state index in [1.165, 1.54) is 0 Å². The Bertz CT molecular complexity index is 395. The van der Waals surface area contributed by atoms with Crippen molar-refractivity contribution in [2.24, 2.45) is 4.99 Å². The van der Waals surface area contributed by atoms with Crippen LogP contribution in [0.2, 0.25) is 0 Å². The summed E-state index contributed by atoms with van der Waals surface area (Å²) >= 11 is 4.30. The molecule has 84 valence electrons. The fourth-order valence-corrected chi connectivity index (χ4v) is 1.04. The van der Waals surface area contributed by atoms with Crippen LogP contribution in [0.1, 0.15) is 0 Å². The first-order chi connectivity index (χ1) is 7.34. The maximum Gasteiger partial charge on any atom is 0.227 e. The predicted molar refractivity (Wildman–Crippen MR) is 65.0 cm³/mol. The molecule has 0 unspecified atom stereocenters. The third-order valence-corrected chi connectivity index (χ3v) is 1.72. The molecule has 0 aromatic heterocycles. The normalized spacial score (nSPS) is 10.9. The van der Waals surface area contributed by atoms with Gasteiger partial charge in [0.1, 0.15) is 0 Å². The molecule has 4 heteroatoms. The molecular formula is C12H10FeNOS-. The molecule has 0 radical (unpaired) electrons. The SMILES string of the molecule is OC(N=C=S)=C1C=CC=C1.[Fe].c1cc[cH-]c1. The summed E-state index contributed by atoms with van der Waals surface area (Å²) in [6.07, 6.45) is 7.10. The maximum atomic E-state index is 9.03.